The van der Waals surface area contributed by atoms with Crippen LogP contribution in [0.5, 0.6) is 0 Å². The highest BCUT2D eigenvalue weighted by Gasteiger charge is 2.37. The molecule has 0 unspecified atom stereocenters. The number of halogens is 3. The first-order chi connectivity index (χ1) is 15.1. The Kier molecular flexibility index (Phi) is 8.05. The molecule has 3 rings (SSSR count). The van der Waals surface area contributed by atoms with E-state index in [1.165, 1.54) is 12.0 Å². The summed E-state index contributed by atoms with van der Waals surface area (Å²) in [7, 11) is -2.22. The fourth-order valence-electron chi connectivity index (χ4n) is 4.67. The van der Waals surface area contributed by atoms with Gasteiger partial charge in [0.25, 0.3) is 0 Å². The fourth-order valence-corrected chi connectivity index (χ4v) is 5.49. The largest absolute Gasteiger partial charge is 0.453 e. The predicted molar refractivity (Wildman–Crippen MR) is 111 cm³/mol. The molecule has 0 bridgehead atoms. The van der Waals surface area contributed by atoms with Gasteiger partial charge in [-0.3, -0.25) is 0 Å². The van der Waals surface area contributed by atoms with E-state index in [9.17, 15) is 26.4 Å². The van der Waals surface area contributed by atoms with Gasteiger partial charge < -0.3 is 14.4 Å². The Morgan fingerprint density at radius 1 is 1.16 bits per heavy atom. The maximum absolute atomic E-state index is 14.1. The Balaban J connectivity index is 1.62. The van der Waals surface area contributed by atoms with Gasteiger partial charge in [-0.25, -0.2) is 31.1 Å². The number of piperidine rings is 1. The molecule has 7 nitrogen and oxygen atoms in total. The molecule has 2 fully saturated rings. The van der Waals surface area contributed by atoms with Crippen molar-refractivity contribution in [3.05, 3.63) is 35.1 Å². The van der Waals surface area contributed by atoms with E-state index in [-0.39, 0.29) is 24.2 Å². The van der Waals surface area contributed by atoms with Crippen LogP contribution in [0.25, 0.3) is 0 Å². The third-order valence-electron chi connectivity index (χ3n) is 6.19. The summed E-state index contributed by atoms with van der Waals surface area (Å²) in [4.78, 5) is 13.7. The number of amides is 1. The summed E-state index contributed by atoms with van der Waals surface area (Å²) in [5.74, 6) is -3.31. The maximum Gasteiger partial charge on any atom is 0.409 e. The van der Waals surface area contributed by atoms with Crippen molar-refractivity contribution in [1.82, 2.24) is 9.62 Å². The van der Waals surface area contributed by atoms with E-state index in [4.69, 9.17) is 9.47 Å². The molecular formula is C21H29F3N2O5S. The van der Waals surface area contributed by atoms with Gasteiger partial charge in [0.1, 0.15) is 5.82 Å². The van der Waals surface area contributed by atoms with Gasteiger partial charge in [-0.1, -0.05) is 0 Å². The summed E-state index contributed by atoms with van der Waals surface area (Å²) in [5.41, 5.74) is 0.0440. The van der Waals surface area contributed by atoms with Crippen molar-refractivity contribution in [3.63, 3.8) is 0 Å². The number of hydrogen-bond acceptors (Lipinski definition) is 5. The number of likely N-dealkylation sites (tertiary alicyclic amines) is 1. The van der Waals surface area contributed by atoms with Gasteiger partial charge in [0.2, 0.25) is 10.0 Å². The lowest BCUT2D eigenvalue weighted by Crippen LogP contribution is -2.59. The second-order valence-corrected chi connectivity index (χ2v) is 10.2. The zero-order chi connectivity index (χ0) is 23.5. The van der Waals surface area contributed by atoms with Crippen LogP contribution in [-0.2, 0) is 19.5 Å². The van der Waals surface area contributed by atoms with E-state index >= 15 is 0 Å². The van der Waals surface area contributed by atoms with Gasteiger partial charge in [-0.15, -0.1) is 0 Å². The van der Waals surface area contributed by atoms with Crippen molar-refractivity contribution in [1.29, 1.82) is 0 Å². The topological polar surface area (TPSA) is 84.9 Å². The lowest BCUT2D eigenvalue weighted by Gasteiger charge is -2.41. The Morgan fingerprint density at radius 3 is 2.47 bits per heavy atom. The molecule has 2 atom stereocenters. The van der Waals surface area contributed by atoms with E-state index in [0.717, 1.165) is 12.3 Å². The molecule has 1 saturated carbocycles. The molecule has 2 aliphatic rings. The average molecular weight is 479 g/mol. The molecule has 1 heterocycles. The Hall–Kier alpha value is -1.85. The minimum Gasteiger partial charge on any atom is -0.453 e. The minimum atomic E-state index is -3.49. The molecule has 0 radical (unpaired) electrons. The molecule has 0 spiro atoms. The van der Waals surface area contributed by atoms with E-state index in [1.807, 2.05) is 0 Å². The van der Waals surface area contributed by atoms with Crippen LogP contribution in [0.2, 0.25) is 0 Å². The number of nitrogens with one attached hydrogen (secondary N) is 1. The van der Waals surface area contributed by atoms with Crippen molar-refractivity contribution in [2.24, 2.45) is 0 Å². The van der Waals surface area contributed by atoms with Crippen LogP contribution >= 0.6 is 0 Å². The van der Waals surface area contributed by atoms with Crippen molar-refractivity contribution in [3.8, 4) is 0 Å². The lowest BCUT2D eigenvalue weighted by molar-refractivity contribution is -0.0246. The summed E-state index contributed by atoms with van der Waals surface area (Å²) in [5, 5.41) is 0. The van der Waals surface area contributed by atoms with Gasteiger partial charge in [0.05, 0.1) is 32.1 Å². The van der Waals surface area contributed by atoms with Gasteiger partial charge in [0.15, 0.2) is 11.6 Å². The van der Waals surface area contributed by atoms with E-state index in [0.29, 0.717) is 51.1 Å². The molecule has 180 valence electrons. The lowest BCUT2D eigenvalue weighted by atomic mass is 9.82. The number of hydrogen-bond donors (Lipinski definition) is 1. The minimum absolute atomic E-state index is 0.0440. The zero-order valence-corrected chi connectivity index (χ0v) is 19.0. The van der Waals surface area contributed by atoms with E-state index in [1.54, 1.807) is 0 Å². The van der Waals surface area contributed by atoms with E-state index < -0.39 is 45.7 Å². The summed E-state index contributed by atoms with van der Waals surface area (Å²) >= 11 is 0. The highest BCUT2D eigenvalue weighted by molar-refractivity contribution is 7.88. The molecule has 1 amide bonds. The van der Waals surface area contributed by atoms with Crippen molar-refractivity contribution in [2.45, 2.75) is 62.6 Å². The van der Waals surface area contributed by atoms with Crippen LogP contribution in [0, 0.1) is 17.5 Å². The summed E-state index contributed by atoms with van der Waals surface area (Å²) < 4.78 is 78.2. The van der Waals surface area contributed by atoms with Gasteiger partial charge >= 0.3 is 6.09 Å². The van der Waals surface area contributed by atoms with Crippen LogP contribution in [0.1, 0.15) is 50.0 Å². The highest BCUT2D eigenvalue weighted by Crippen LogP contribution is 2.36. The van der Waals surface area contributed by atoms with Gasteiger partial charge in [-0.05, 0) is 56.1 Å². The highest BCUT2D eigenvalue weighted by atomic mass is 32.2. The molecule has 1 aromatic carbocycles. The zero-order valence-electron chi connectivity index (χ0n) is 18.2. The molecule has 1 aliphatic heterocycles. The van der Waals surface area contributed by atoms with Crippen LogP contribution in [0.3, 0.4) is 0 Å². The number of carbonyl (C=O) groups excluding carboxylic acids is 1. The van der Waals surface area contributed by atoms with Crippen LogP contribution < -0.4 is 4.72 Å². The third kappa shape index (κ3) is 6.14. The van der Waals surface area contributed by atoms with Gasteiger partial charge in [0, 0.05) is 18.7 Å². The molecule has 32 heavy (non-hydrogen) atoms. The number of sulfonamides is 1. The molecular weight excluding hydrogens is 449 g/mol. The second-order valence-electron chi connectivity index (χ2n) is 8.47. The molecule has 1 saturated heterocycles. The molecule has 1 N–H and O–H groups in total. The van der Waals surface area contributed by atoms with Crippen molar-refractivity contribution >= 4 is 16.1 Å². The number of carbonyl (C=O) groups is 1. The quantitative estimate of drug-likeness (QED) is 0.635. The van der Waals surface area contributed by atoms with Crippen LogP contribution in [-0.4, -0.2) is 64.1 Å². The predicted octanol–water partition coefficient (Wildman–Crippen LogP) is 3.30. The maximum atomic E-state index is 14.1. The number of ether oxygens (including phenoxy) is 2. The average Bonchev–Trinajstić information content (AvgIpc) is 2.74. The number of rotatable bonds is 6. The Morgan fingerprint density at radius 2 is 1.84 bits per heavy atom. The number of nitrogens with zero attached hydrogens (tertiary/aromatic N) is 1. The standard InChI is InChI=1S/C21H29F3N2O5S/c1-30-21(27)26-9-3-4-18(25-32(2,28)29)19(26)12-31-15-7-5-13(6-8-15)16-10-14(22)11-17(23)20(16)24/h10-11,13,15,18-19,25H,3-9,12H2,1-2H3/t13?,15?,18-,19-/m0/s1. The van der Waals surface area contributed by atoms with Crippen LogP contribution in [0.15, 0.2) is 12.1 Å². The molecule has 1 aromatic rings. The first-order valence-corrected chi connectivity index (χ1v) is 12.6. The summed E-state index contributed by atoms with van der Waals surface area (Å²) in [6, 6.07) is 0.547. The Bertz CT molecular complexity index is 922. The summed E-state index contributed by atoms with van der Waals surface area (Å²) in [6.45, 7) is 0.542. The summed E-state index contributed by atoms with van der Waals surface area (Å²) in [6.07, 6.45) is 3.62. The first-order valence-electron chi connectivity index (χ1n) is 10.7. The molecule has 11 heteroatoms. The normalized spacial score (nSPS) is 26.7. The SMILES string of the molecule is COC(=O)N1CCC[C@H](NS(C)(=O)=O)[C@@H]1COC1CCC(c2cc(F)cc(F)c2F)CC1. The smallest absolute Gasteiger partial charge is 0.409 e. The third-order valence-corrected chi connectivity index (χ3v) is 6.92. The molecule has 1 aliphatic carbocycles. The first kappa shape index (κ1) is 24.8. The Labute approximate surface area is 186 Å². The fraction of sp³-hybridized carbons (Fsp3) is 0.667. The van der Waals surface area contributed by atoms with Crippen LogP contribution in [0.4, 0.5) is 18.0 Å². The second kappa shape index (κ2) is 10.4. The number of methoxy groups -OCH3 is 1. The van der Waals surface area contributed by atoms with Gasteiger partial charge in [-0.2, -0.15) is 0 Å². The van der Waals surface area contributed by atoms with Crippen molar-refractivity contribution < 1.29 is 35.9 Å². The van der Waals surface area contributed by atoms with E-state index in [2.05, 4.69) is 4.72 Å². The number of benzene rings is 1. The van der Waals surface area contributed by atoms with Crippen molar-refractivity contribution in [2.75, 3.05) is 26.5 Å². The monoisotopic (exact) mass is 478 g/mol. The molecule has 0 aromatic heterocycles.